The van der Waals surface area contributed by atoms with Crippen LogP contribution in [-0.4, -0.2) is 71.5 Å². The maximum atomic E-state index is 13.5. The van der Waals surface area contributed by atoms with E-state index in [1.807, 2.05) is 41.7 Å². The largest absolute Gasteiger partial charge is 0.478 e. The van der Waals surface area contributed by atoms with Crippen LogP contribution >= 0.6 is 0 Å². The molecular formula is C23H41N3O4. The molecule has 172 valence electrons. The van der Waals surface area contributed by atoms with E-state index in [9.17, 15) is 19.5 Å². The van der Waals surface area contributed by atoms with Crippen LogP contribution in [0, 0.1) is 17.3 Å². The first-order valence-corrected chi connectivity index (χ1v) is 10.9. The molecule has 2 amide bonds. The summed E-state index contributed by atoms with van der Waals surface area (Å²) in [7, 11) is 3.63. The molecule has 0 aromatic carbocycles. The van der Waals surface area contributed by atoms with E-state index in [-0.39, 0.29) is 35.4 Å². The maximum absolute atomic E-state index is 13.5. The van der Waals surface area contributed by atoms with Gasteiger partial charge in [-0.1, -0.05) is 47.6 Å². The molecule has 30 heavy (non-hydrogen) atoms. The number of rotatable bonds is 7. The molecule has 0 spiro atoms. The number of hydrogen-bond acceptors (Lipinski definition) is 4. The summed E-state index contributed by atoms with van der Waals surface area (Å²) in [5.74, 6) is -0.756. The Morgan fingerprint density at radius 1 is 1.20 bits per heavy atom. The lowest BCUT2D eigenvalue weighted by Gasteiger charge is -2.40. The summed E-state index contributed by atoms with van der Waals surface area (Å²) >= 11 is 0. The standard InChI is InChI=1S/C23H41N3O4/c1-14(2)18(12-16(4)22(29)30)26(9)21(28)19(23(5,6)7)24-20(27)17-11-10-15(3)13-25(17)8/h12,14-15,17-19H,10-11,13H2,1-9H3,(H,24,27)(H,29,30)/t15-,17+,18-,19-/m1/s1. The van der Waals surface area contributed by atoms with Crippen LogP contribution in [0.1, 0.15) is 61.3 Å². The molecule has 1 fully saturated rings. The number of hydrogen-bond donors (Lipinski definition) is 2. The fourth-order valence-corrected chi connectivity index (χ4v) is 4.02. The lowest BCUT2D eigenvalue weighted by atomic mass is 9.84. The Labute approximate surface area is 181 Å². The van der Waals surface area contributed by atoms with Gasteiger partial charge < -0.3 is 15.3 Å². The number of nitrogens with zero attached hydrogens (tertiary/aromatic N) is 2. The molecule has 7 nitrogen and oxygen atoms in total. The number of amides is 2. The van der Waals surface area contributed by atoms with Gasteiger partial charge >= 0.3 is 5.97 Å². The molecule has 1 heterocycles. The Kier molecular flexibility index (Phi) is 9.08. The van der Waals surface area contributed by atoms with Crippen LogP contribution in [0.2, 0.25) is 0 Å². The molecule has 1 aliphatic heterocycles. The molecular weight excluding hydrogens is 382 g/mol. The highest BCUT2D eigenvalue weighted by molar-refractivity contribution is 5.91. The van der Waals surface area contributed by atoms with Crippen LogP contribution in [0.3, 0.4) is 0 Å². The number of aliphatic carboxylic acids is 1. The molecule has 0 bridgehead atoms. The second-order valence-electron chi connectivity index (χ2n) is 10.3. The third kappa shape index (κ3) is 6.83. The van der Waals surface area contributed by atoms with E-state index in [4.69, 9.17) is 0 Å². The first-order chi connectivity index (χ1) is 13.7. The second-order valence-corrected chi connectivity index (χ2v) is 10.3. The zero-order valence-electron chi connectivity index (χ0n) is 20.2. The molecule has 0 radical (unpaired) electrons. The molecule has 0 aromatic heterocycles. The third-order valence-electron chi connectivity index (χ3n) is 6.00. The van der Waals surface area contributed by atoms with Crippen LogP contribution < -0.4 is 5.32 Å². The van der Waals surface area contributed by atoms with Crippen LogP contribution in [0.5, 0.6) is 0 Å². The number of piperidine rings is 1. The molecule has 1 rings (SSSR count). The van der Waals surface area contributed by atoms with E-state index < -0.39 is 17.4 Å². The lowest BCUT2D eigenvalue weighted by molar-refractivity contribution is -0.141. The van der Waals surface area contributed by atoms with Crippen molar-refractivity contribution in [1.29, 1.82) is 0 Å². The van der Waals surface area contributed by atoms with E-state index in [2.05, 4.69) is 17.1 Å². The van der Waals surface area contributed by atoms with Gasteiger partial charge in [-0.25, -0.2) is 4.79 Å². The minimum Gasteiger partial charge on any atom is -0.478 e. The van der Waals surface area contributed by atoms with Crippen molar-refractivity contribution in [2.75, 3.05) is 20.6 Å². The summed E-state index contributed by atoms with van der Waals surface area (Å²) in [5, 5.41) is 12.3. The van der Waals surface area contributed by atoms with Crippen LogP contribution in [0.15, 0.2) is 11.6 Å². The fraction of sp³-hybridized carbons (Fsp3) is 0.783. The highest BCUT2D eigenvalue weighted by atomic mass is 16.4. The van der Waals surface area contributed by atoms with Crippen LogP contribution in [0.4, 0.5) is 0 Å². The Balaban J connectivity index is 3.09. The van der Waals surface area contributed by atoms with Crippen molar-refractivity contribution in [2.45, 2.75) is 79.4 Å². The van der Waals surface area contributed by atoms with Crippen molar-refractivity contribution in [1.82, 2.24) is 15.1 Å². The minimum atomic E-state index is -1.00. The number of nitrogens with one attached hydrogen (secondary N) is 1. The molecule has 0 unspecified atom stereocenters. The summed E-state index contributed by atoms with van der Waals surface area (Å²) in [6, 6.07) is -1.32. The van der Waals surface area contributed by atoms with Gasteiger partial charge in [-0.3, -0.25) is 14.5 Å². The Morgan fingerprint density at radius 3 is 2.20 bits per heavy atom. The van der Waals surface area contributed by atoms with Crippen molar-refractivity contribution in [3.8, 4) is 0 Å². The molecule has 1 saturated heterocycles. The average molecular weight is 424 g/mol. The molecule has 4 atom stereocenters. The molecule has 2 N–H and O–H groups in total. The Morgan fingerprint density at radius 2 is 1.77 bits per heavy atom. The lowest BCUT2D eigenvalue weighted by Crippen LogP contribution is -2.60. The fourth-order valence-electron chi connectivity index (χ4n) is 4.02. The number of likely N-dealkylation sites (tertiary alicyclic amines) is 1. The smallest absolute Gasteiger partial charge is 0.331 e. The van der Waals surface area contributed by atoms with Gasteiger partial charge in [0.1, 0.15) is 6.04 Å². The number of likely N-dealkylation sites (N-methyl/N-ethyl adjacent to an activating group) is 2. The van der Waals surface area contributed by atoms with Crippen molar-refractivity contribution in [3.63, 3.8) is 0 Å². The van der Waals surface area contributed by atoms with Gasteiger partial charge in [0.2, 0.25) is 11.8 Å². The van der Waals surface area contributed by atoms with Gasteiger partial charge in [0.25, 0.3) is 0 Å². The zero-order valence-corrected chi connectivity index (χ0v) is 20.2. The monoisotopic (exact) mass is 423 g/mol. The second kappa shape index (κ2) is 10.4. The quantitative estimate of drug-likeness (QED) is 0.615. The predicted octanol–water partition coefficient (Wildman–Crippen LogP) is 2.76. The van der Waals surface area contributed by atoms with E-state index in [0.29, 0.717) is 5.92 Å². The first-order valence-electron chi connectivity index (χ1n) is 10.9. The molecule has 0 aliphatic carbocycles. The number of carbonyl (C=O) groups excluding carboxylic acids is 2. The summed E-state index contributed by atoms with van der Waals surface area (Å²) in [4.78, 5) is 41.4. The van der Waals surface area contributed by atoms with Gasteiger partial charge in [0.05, 0.1) is 12.1 Å². The number of carbonyl (C=O) groups is 3. The normalized spacial score (nSPS) is 23.1. The zero-order chi connectivity index (χ0) is 23.4. The predicted molar refractivity (Wildman–Crippen MR) is 119 cm³/mol. The van der Waals surface area contributed by atoms with E-state index in [1.165, 1.54) is 6.92 Å². The first kappa shape index (κ1) is 26.1. The van der Waals surface area contributed by atoms with Gasteiger partial charge in [0, 0.05) is 19.2 Å². The average Bonchev–Trinajstić information content (AvgIpc) is 2.61. The van der Waals surface area contributed by atoms with Crippen LogP contribution in [-0.2, 0) is 14.4 Å². The number of carboxylic acids is 1. The van der Waals surface area contributed by atoms with Gasteiger partial charge in [-0.2, -0.15) is 0 Å². The highest BCUT2D eigenvalue weighted by Gasteiger charge is 2.39. The van der Waals surface area contributed by atoms with E-state index in [1.54, 1.807) is 18.0 Å². The Bertz CT molecular complexity index is 666. The topological polar surface area (TPSA) is 90.0 Å². The summed E-state index contributed by atoms with van der Waals surface area (Å²) in [5.41, 5.74) is -0.295. The summed E-state index contributed by atoms with van der Waals surface area (Å²) in [6.45, 7) is 14.3. The van der Waals surface area contributed by atoms with Gasteiger partial charge in [-0.05, 0) is 44.1 Å². The van der Waals surface area contributed by atoms with Crippen molar-refractivity contribution < 1.29 is 19.5 Å². The van der Waals surface area contributed by atoms with E-state index >= 15 is 0 Å². The molecule has 0 aromatic rings. The number of carboxylic acid groups (broad SMARTS) is 1. The van der Waals surface area contributed by atoms with E-state index in [0.717, 1.165) is 19.4 Å². The van der Waals surface area contributed by atoms with Gasteiger partial charge in [-0.15, -0.1) is 0 Å². The van der Waals surface area contributed by atoms with Gasteiger partial charge in [0.15, 0.2) is 0 Å². The maximum Gasteiger partial charge on any atom is 0.331 e. The molecule has 7 heteroatoms. The third-order valence-corrected chi connectivity index (χ3v) is 6.00. The van der Waals surface area contributed by atoms with Crippen molar-refractivity contribution in [3.05, 3.63) is 11.6 Å². The van der Waals surface area contributed by atoms with Crippen LogP contribution in [0.25, 0.3) is 0 Å². The molecule has 1 aliphatic rings. The van der Waals surface area contributed by atoms with Crippen molar-refractivity contribution >= 4 is 17.8 Å². The highest BCUT2D eigenvalue weighted by Crippen LogP contribution is 2.25. The summed E-state index contributed by atoms with van der Waals surface area (Å²) in [6.07, 6.45) is 3.38. The minimum absolute atomic E-state index is 0.0236. The Hall–Kier alpha value is -1.89. The molecule has 0 saturated carbocycles. The van der Waals surface area contributed by atoms with Crippen molar-refractivity contribution in [2.24, 2.45) is 17.3 Å². The summed E-state index contributed by atoms with van der Waals surface area (Å²) < 4.78 is 0. The SMILES string of the molecule is CC(=C[C@H](C(C)C)N(C)C(=O)[C@@H](NC(=O)[C@@H]1CC[C@@H](C)CN1C)C(C)(C)C)C(=O)O.